The summed E-state index contributed by atoms with van der Waals surface area (Å²) in [5.41, 5.74) is 4.98. The lowest BCUT2D eigenvalue weighted by Gasteiger charge is -2.18. The Kier molecular flexibility index (Phi) is 4.25. The molecule has 1 unspecified atom stereocenters. The van der Waals surface area contributed by atoms with E-state index < -0.39 is 0 Å². The fraction of sp³-hybridized carbons (Fsp3) is 0.111. The van der Waals surface area contributed by atoms with Gasteiger partial charge in [-0.05, 0) is 41.5 Å². The molecular formula is C18H16Cl2N2. The third kappa shape index (κ3) is 2.54. The molecule has 1 aromatic heterocycles. The van der Waals surface area contributed by atoms with Crippen LogP contribution in [0.2, 0.25) is 5.02 Å². The topological polar surface area (TPSA) is 17.0 Å². The van der Waals surface area contributed by atoms with Gasteiger partial charge in [0.15, 0.2) is 0 Å². The number of rotatable bonds is 1. The maximum absolute atomic E-state index is 6.16. The molecule has 0 radical (unpaired) electrons. The molecule has 2 aromatic carbocycles. The number of para-hydroxylation sites is 1. The first-order chi connectivity index (χ1) is 10.3. The Labute approximate surface area is 141 Å². The van der Waals surface area contributed by atoms with Gasteiger partial charge in [-0.1, -0.05) is 41.9 Å². The fourth-order valence-corrected chi connectivity index (χ4v) is 3.23. The number of hydrogen-bond donors (Lipinski definition) is 1. The van der Waals surface area contributed by atoms with Crippen molar-refractivity contribution in [2.24, 2.45) is 0 Å². The van der Waals surface area contributed by atoms with Gasteiger partial charge in [-0.3, -0.25) is 0 Å². The van der Waals surface area contributed by atoms with Gasteiger partial charge in [0, 0.05) is 29.1 Å². The van der Waals surface area contributed by atoms with E-state index in [1.165, 1.54) is 22.5 Å². The zero-order valence-corrected chi connectivity index (χ0v) is 13.4. The largest absolute Gasteiger partial charge is 0.319 e. The summed E-state index contributed by atoms with van der Waals surface area (Å²) in [7, 11) is 0. The van der Waals surface area contributed by atoms with E-state index in [1.807, 2.05) is 18.2 Å². The molecule has 22 heavy (non-hydrogen) atoms. The molecule has 1 aliphatic heterocycles. The number of aromatic nitrogens is 1. The van der Waals surface area contributed by atoms with Crippen LogP contribution in [0.25, 0.3) is 5.69 Å². The Morgan fingerprint density at radius 2 is 1.86 bits per heavy atom. The Balaban J connectivity index is 0.00000144. The molecule has 0 amide bonds. The van der Waals surface area contributed by atoms with Gasteiger partial charge < -0.3 is 9.88 Å². The van der Waals surface area contributed by atoms with Crippen molar-refractivity contribution in [2.75, 3.05) is 0 Å². The van der Waals surface area contributed by atoms with Crippen molar-refractivity contribution < 1.29 is 0 Å². The molecule has 2 nitrogen and oxygen atoms in total. The second-order valence-corrected chi connectivity index (χ2v) is 5.74. The van der Waals surface area contributed by atoms with E-state index in [4.69, 9.17) is 11.6 Å². The highest BCUT2D eigenvalue weighted by Crippen LogP contribution is 2.31. The minimum atomic E-state index is 0. The third-order valence-corrected chi connectivity index (χ3v) is 4.24. The lowest BCUT2D eigenvalue weighted by Crippen LogP contribution is -2.21. The highest BCUT2D eigenvalue weighted by molar-refractivity contribution is 6.30. The molecule has 0 bridgehead atoms. The number of nitrogens with zero attached hydrogens (tertiary/aromatic N) is 1. The number of halogens is 2. The van der Waals surface area contributed by atoms with Crippen LogP contribution in [0.3, 0.4) is 0 Å². The molecular weight excluding hydrogens is 315 g/mol. The summed E-state index contributed by atoms with van der Waals surface area (Å²) in [4.78, 5) is 0. The molecule has 3 aromatic rings. The first-order valence-electron chi connectivity index (χ1n) is 7.07. The molecule has 4 rings (SSSR count). The lowest BCUT2D eigenvalue weighted by atomic mass is 10.0. The molecule has 1 aliphatic rings. The van der Waals surface area contributed by atoms with E-state index in [0.29, 0.717) is 0 Å². The van der Waals surface area contributed by atoms with Crippen LogP contribution in [0.1, 0.15) is 22.9 Å². The van der Waals surface area contributed by atoms with Gasteiger partial charge in [0.2, 0.25) is 0 Å². The summed E-state index contributed by atoms with van der Waals surface area (Å²) in [5, 5.41) is 4.42. The van der Waals surface area contributed by atoms with E-state index in [9.17, 15) is 0 Å². The second-order valence-electron chi connectivity index (χ2n) is 5.30. The number of benzene rings is 2. The van der Waals surface area contributed by atoms with Gasteiger partial charge in [-0.25, -0.2) is 0 Å². The van der Waals surface area contributed by atoms with E-state index in [2.05, 4.69) is 58.5 Å². The Morgan fingerprint density at radius 1 is 1.00 bits per heavy atom. The summed E-state index contributed by atoms with van der Waals surface area (Å²) in [6, 6.07) is 21.0. The molecule has 112 valence electrons. The van der Waals surface area contributed by atoms with Crippen molar-refractivity contribution in [1.29, 1.82) is 0 Å². The number of nitrogens with one attached hydrogen (secondary N) is 1. The maximum Gasteiger partial charge on any atom is 0.0738 e. The van der Waals surface area contributed by atoms with Gasteiger partial charge in [0.25, 0.3) is 0 Å². The average Bonchev–Trinajstić information content (AvgIpc) is 2.92. The Hall–Kier alpha value is -1.74. The van der Waals surface area contributed by atoms with E-state index in [1.54, 1.807) is 0 Å². The summed E-state index contributed by atoms with van der Waals surface area (Å²) < 4.78 is 2.26. The SMILES string of the molecule is Cl.Clc1cccc(C2NCc3ccccc3-n3cccc32)c1. The van der Waals surface area contributed by atoms with Crippen molar-refractivity contribution in [1.82, 2.24) is 9.88 Å². The van der Waals surface area contributed by atoms with Crippen molar-refractivity contribution in [2.45, 2.75) is 12.6 Å². The van der Waals surface area contributed by atoms with Crippen LogP contribution in [0.4, 0.5) is 0 Å². The number of hydrogen-bond acceptors (Lipinski definition) is 1. The molecule has 0 spiro atoms. The van der Waals surface area contributed by atoms with Gasteiger partial charge in [0.1, 0.15) is 0 Å². The lowest BCUT2D eigenvalue weighted by molar-refractivity contribution is 0.601. The molecule has 0 saturated carbocycles. The highest BCUT2D eigenvalue weighted by Gasteiger charge is 2.22. The van der Waals surface area contributed by atoms with Crippen LogP contribution < -0.4 is 5.32 Å². The third-order valence-electron chi connectivity index (χ3n) is 4.01. The Morgan fingerprint density at radius 3 is 2.73 bits per heavy atom. The molecule has 0 aliphatic carbocycles. The zero-order chi connectivity index (χ0) is 14.2. The highest BCUT2D eigenvalue weighted by atomic mass is 35.5. The van der Waals surface area contributed by atoms with Crippen LogP contribution in [0.5, 0.6) is 0 Å². The van der Waals surface area contributed by atoms with Crippen molar-refractivity contribution >= 4 is 24.0 Å². The molecule has 0 fully saturated rings. The summed E-state index contributed by atoms with van der Waals surface area (Å²) in [6.45, 7) is 0.842. The minimum absolute atomic E-state index is 0. The quantitative estimate of drug-likeness (QED) is 0.681. The van der Waals surface area contributed by atoms with Crippen molar-refractivity contribution in [3.63, 3.8) is 0 Å². The zero-order valence-electron chi connectivity index (χ0n) is 11.9. The van der Waals surface area contributed by atoms with Crippen molar-refractivity contribution in [3.8, 4) is 5.69 Å². The summed E-state index contributed by atoms with van der Waals surface area (Å²) in [6.07, 6.45) is 2.12. The first kappa shape index (κ1) is 15.2. The van der Waals surface area contributed by atoms with Crippen LogP contribution in [0.15, 0.2) is 66.9 Å². The van der Waals surface area contributed by atoms with E-state index in [-0.39, 0.29) is 18.4 Å². The van der Waals surface area contributed by atoms with Gasteiger partial charge in [-0.15, -0.1) is 12.4 Å². The molecule has 0 saturated heterocycles. The van der Waals surface area contributed by atoms with Crippen LogP contribution in [-0.4, -0.2) is 4.57 Å². The molecule has 4 heteroatoms. The minimum Gasteiger partial charge on any atom is -0.319 e. The molecule has 2 heterocycles. The summed E-state index contributed by atoms with van der Waals surface area (Å²) >= 11 is 6.16. The Bertz CT molecular complexity index is 795. The normalized spacial score (nSPS) is 16.1. The van der Waals surface area contributed by atoms with Crippen LogP contribution in [-0.2, 0) is 6.54 Å². The van der Waals surface area contributed by atoms with Crippen LogP contribution in [0, 0.1) is 0 Å². The maximum atomic E-state index is 6.16. The van der Waals surface area contributed by atoms with Crippen molar-refractivity contribution in [3.05, 3.63) is 88.7 Å². The molecule has 1 atom stereocenters. The number of fused-ring (bicyclic) bond motifs is 3. The molecule has 1 N–H and O–H groups in total. The van der Waals surface area contributed by atoms with Gasteiger partial charge in [-0.2, -0.15) is 0 Å². The fourth-order valence-electron chi connectivity index (χ4n) is 3.04. The van der Waals surface area contributed by atoms with Gasteiger partial charge in [0.05, 0.1) is 6.04 Å². The smallest absolute Gasteiger partial charge is 0.0738 e. The summed E-state index contributed by atoms with van der Waals surface area (Å²) in [5.74, 6) is 0. The first-order valence-corrected chi connectivity index (χ1v) is 7.45. The second kappa shape index (κ2) is 6.17. The standard InChI is InChI=1S/C18H15ClN2.ClH/c19-15-7-3-6-13(11-15)18-17-9-4-10-21(17)16-8-2-1-5-14(16)12-20-18;/h1-11,18,20H,12H2;1H. The average molecular weight is 331 g/mol. The van der Waals surface area contributed by atoms with Crippen LogP contribution >= 0.6 is 24.0 Å². The van der Waals surface area contributed by atoms with E-state index in [0.717, 1.165) is 11.6 Å². The van der Waals surface area contributed by atoms with Gasteiger partial charge >= 0.3 is 0 Å². The predicted octanol–water partition coefficient (Wildman–Crippen LogP) is 4.75. The monoisotopic (exact) mass is 330 g/mol. The predicted molar refractivity (Wildman–Crippen MR) is 93.2 cm³/mol. The van der Waals surface area contributed by atoms with E-state index >= 15 is 0 Å².